The van der Waals surface area contributed by atoms with Crippen molar-refractivity contribution < 1.29 is 4.39 Å². The van der Waals surface area contributed by atoms with Crippen molar-refractivity contribution in [1.82, 2.24) is 4.98 Å². The van der Waals surface area contributed by atoms with Crippen molar-refractivity contribution in [3.63, 3.8) is 0 Å². The summed E-state index contributed by atoms with van der Waals surface area (Å²) in [6.07, 6.45) is 2.55. The van der Waals surface area contributed by atoms with Crippen molar-refractivity contribution in [3.8, 4) is 0 Å². The Balaban J connectivity index is 1.74. The maximum absolute atomic E-state index is 13.1. The van der Waals surface area contributed by atoms with Crippen LogP contribution in [0.15, 0.2) is 18.2 Å². The van der Waals surface area contributed by atoms with E-state index >= 15 is 0 Å². The average molecular weight is 282 g/mol. The summed E-state index contributed by atoms with van der Waals surface area (Å²) in [6.45, 7) is 3.23. The first-order chi connectivity index (χ1) is 8.65. The van der Waals surface area contributed by atoms with Gasteiger partial charge in [0.15, 0.2) is 5.13 Å². The lowest BCUT2D eigenvalue weighted by molar-refractivity contribution is 0.629. The Morgan fingerprint density at radius 2 is 2.39 bits per heavy atom. The molecule has 1 unspecified atom stereocenters. The fourth-order valence-corrected chi connectivity index (χ4v) is 4.30. The van der Waals surface area contributed by atoms with Gasteiger partial charge in [-0.3, -0.25) is 0 Å². The second-order valence-corrected chi connectivity index (χ2v) is 7.60. The van der Waals surface area contributed by atoms with E-state index in [9.17, 15) is 4.39 Å². The molecular weight excluding hydrogens is 267 g/mol. The quantitative estimate of drug-likeness (QED) is 0.916. The summed E-state index contributed by atoms with van der Waals surface area (Å²) in [5.74, 6) is 1.03. The van der Waals surface area contributed by atoms with E-state index in [0.717, 1.165) is 21.9 Å². The van der Waals surface area contributed by atoms with E-state index in [1.165, 1.54) is 30.7 Å². The fourth-order valence-electron chi connectivity index (χ4n) is 2.22. The molecule has 1 saturated heterocycles. The Labute approximate surface area is 114 Å². The number of hydrogen-bond donors (Lipinski definition) is 1. The number of nitrogens with zero attached hydrogens (tertiary/aromatic N) is 1. The molecule has 1 aliphatic heterocycles. The SMILES string of the molecule is CC1(CNc2nc3cc(F)ccc3s2)CCCS1. The molecule has 0 amide bonds. The van der Waals surface area contributed by atoms with Gasteiger partial charge >= 0.3 is 0 Å². The minimum Gasteiger partial charge on any atom is -0.360 e. The normalized spacial score (nSPS) is 23.7. The van der Waals surface area contributed by atoms with Crippen molar-refractivity contribution in [2.75, 3.05) is 17.6 Å². The largest absolute Gasteiger partial charge is 0.360 e. The van der Waals surface area contributed by atoms with E-state index in [0.29, 0.717) is 4.75 Å². The van der Waals surface area contributed by atoms with Crippen LogP contribution in [-0.2, 0) is 0 Å². The molecule has 0 radical (unpaired) electrons. The van der Waals surface area contributed by atoms with Gasteiger partial charge < -0.3 is 5.32 Å². The van der Waals surface area contributed by atoms with Crippen LogP contribution >= 0.6 is 23.1 Å². The smallest absolute Gasteiger partial charge is 0.183 e. The summed E-state index contributed by atoms with van der Waals surface area (Å²) in [7, 11) is 0. The molecule has 1 N–H and O–H groups in total. The van der Waals surface area contributed by atoms with E-state index in [2.05, 4.69) is 17.2 Å². The molecule has 0 spiro atoms. The molecule has 5 heteroatoms. The lowest BCUT2D eigenvalue weighted by Gasteiger charge is -2.22. The van der Waals surface area contributed by atoms with Gasteiger partial charge in [-0.25, -0.2) is 9.37 Å². The summed E-state index contributed by atoms with van der Waals surface area (Å²) in [5.41, 5.74) is 0.742. The van der Waals surface area contributed by atoms with Crippen LogP contribution in [0.1, 0.15) is 19.8 Å². The van der Waals surface area contributed by atoms with Gasteiger partial charge in [-0.15, -0.1) is 0 Å². The number of rotatable bonds is 3. The summed E-state index contributed by atoms with van der Waals surface area (Å²) in [6, 6.07) is 4.76. The molecule has 1 aromatic carbocycles. The highest BCUT2D eigenvalue weighted by Gasteiger charge is 2.29. The zero-order chi connectivity index (χ0) is 12.6. The number of thiazole rings is 1. The third-order valence-electron chi connectivity index (χ3n) is 3.26. The molecule has 1 aliphatic rings. The van der Waals surface area contributed by atoms with E-state index in [1.807, 2.05) is 11.8 Å². The third kappa shape index (κ3) is 2.47. The number of thioether (sulfide) groups is 1. The van der Waals surface area contributed by atoms with Crippen LogP contribution in [0, 0.1) is 5.82 Å². The Kier molecular flexibility index (Phi) is 3.20. The number of halogens is 1. The van der Waals surface area contributed by atoms with Crippen LogP contribution in [-0.4, -0.2) is 22.0 Å². The van der Waals surface area contributed by atoms with Gasteiger partial charge in [0.1, 0.15) is 5.82 Å². The zero-order valence-corrected chi connectivity index (χ0v) is 11.8. The highest BCUT2D eigenvalue weighted by atomic mass is 32.2. The minimum absolute atomic E-state index is 0.224. The van der Waals surface area contributed by atoms with Gasteiger partial charge in [-0.2, -0.15) is 11.8 Å². The molecule has 3 rings (SSSR count). The molecule has 2 aromatic rings. The van der Waals surface area contributed by atoms with Crippen LogP contribution in [0.5, 0.6) is 0 Å². The van der Waals surface area contributed by atoms with Gasteiger partial charge in [0.2, 0.25) is 0 Å². The Morgan fingerprint density at radius 1 is 1.50 bits per heavy atom. The van der Waals surface area contributed by atoms with E-state index < -0.39 is 0 Å². The number of anilines is 1. The van der Waals surface area contributed by atoms with Crippen LogP contribution < -0.4 is 5.32 Å². The van der Waals surface area contributed by atoms with Crippen LogP contribution in [0.25, 0.3) is 10.2 Å². The van der Waals surface area contributed by atoms with Gasteiger partial charge in [0.25, 0.3) is 0 Å². The Hall–Kier alpha value is -0.810. The van der Waals surface area contributed by atoms with Gasteiger partial charge in [-0.1, -0.05) is 11.3 Å². The third-order valence-corrected chi connectivity index (χ3v) is 5.80. The first-order valence-electron chi connectivity index (χ1n) is 6.09. The molecule has 1 aromatic heterocycles. The van der Waals surface area contributed by atoms with E-state index in [4.69, 9.17) is 0 Å². The molecule has 0 bridgehead atoms. The molecule has 18 heavy (non-hydrogen) atoms. The second kappa shape index (κ2) is 4.70. The van der Waals surface area contributed by atoms with Crippen LogP contribution in [0.4, 0.5) is 9.52 Å². The molecule has 0 aliphatic carbocycles. The fraction of sp³-hybridized carbons (Fsp3) is 0.462. The Morgan fingerprint density at radius 3 is 3.17 bits per heavy atom. The molecule has 1 atom stereocenters. The summed E-state index contributed by atoms with van der Waals surface area (Å²) in [4.78, 5) is 4.42. The first kappa shape index (κ1) is 12.2. The summed E-state index contributed by atoms with van der Waals surface area (Å²) in [5, 5.41) is 4.29. The monoisotopic (exact) mass is 282 g/mol. The number of hydrogen-bond acceptors (Lipinski definition) is 4. The lowest BCUT2D eigenvalue weighted by Crippen LogP contribution is -2.26. The average Bonchev–Trinajstić information content (AvgIpc) is 2.93. The minimum atomic E-state index is -0.224. The molecule has 2 heterocycles. The van der Waals surface area contributed by atoms with E-state index in [1.54, 1.807) is 17.4 Å². The number of nitrogens with one attached hydrogen (secondary N) is 1. The van der Waals surface area contributed by atoms with Crippen molar-refractivity contribution >= 4 is 38.4 Å². The number of benzene rings is 1. The molecule has 96 valence electrons. The molecule has 0 saturated carbocycles. The Bertz CT molecular complexity index is 561. The maximum atomic E-state index is 13.1. The van der Waals surface area contributed by atoms with Crippen molar-refractivity contribution in [1.29, 1.82) is 0 Å². The predicted octanol–water partition coefficient (Wildman–Crippen LogP) is 4.13. The molecule has 2 nitrogen and oxygen atoms in total. The zero-order valence-electron chi connectivity index (χ0n) is 10.2. The van der Waals surface area contributed by atoms with E-state index in [-0.39, 0.29) is 5.82 Å². The van der Waals surface area contributed by atoms with Gasteiger partial charge in [0.05, 0.1) is 10.2 Å². The lowest BCUT2D eigenvalue weighted by atomic mass is 10.1. The summed E-state index contributed by atoms with van der Waals surface area (Å²) >= 11 is 3.62. The molecule has 1 fully saturated rings. The standard InChI is InChI=1S/C13H15FN2S2/c1-13(5-2-6-17-13)8-15-12-16-10-7-9(14)3-4-11(10)18-12/h3-4,7H,2,5-6,8H2,1H3,(H,15,16). The first-order valence-corrected chi connectivity index (χ1v) is 7.89. The van der Waals surface area contributed by atoms with Crippen molar-refractivity contribution in [2.24, 2.45) is 0 Å². The van der Waals surface area contributed by atoms with Crippen LogP contribution in [0.2, 0.25) is 0 Å². The second-order valence-electron chi connectivity index (χ2n) is 4.89. The van der Waals surface area contributed by atoms with Crippen LogP contribution in [0.3, 0.4) is 0 Å². The van der Waals surface area contributed by atoms with Crippen molar-refractivity contribution in [3.05, 3.63) is 24.0 Å². The van der Waals surface area contributed by atoms with Gasteiger partial charge in [0, 0.05) is 17.4 Å². The molecular formula is C13H15FN2S2. The number of aromatic nitrogens is 1. The summed E-state index contributed by atoms with van der Waals surface area (Å²) < 4.78 is 14.4. The maximum Gasteiger partial charge on any atom is 0.183 e. The van der Waals surface area contributed by atoms with Crippen molar-refractivity contribution in [2.45, 2.75) is 24.5 Å². The van der Waals surface area contributed by atoms with Gasteiger partial charge in [-0.05, 0) is 37.7 Å². The number of fused-ring (bicyclic) bond motifs is 1. The predicted molar refractivity (Wildman–Crippen MR) is 78.2 cm³/mol. The highest BCUT2D eigenvalue weighted by molar-refractivity contribution is 8.00. The highest BCUT2D eigenvalue weighted by Crippen LogP contribution is 2.38. The topological polar surface area (TPSA) is 24.9 Å².